The van der Waals surface area contributed by atoms with Crippen molar-refractivity contribution in [2.75, 3.05) is 0 Å². The van der Waals surface area contributed by atoms with Crippen LogP contribution in [0.2, 0.25) is 25.3 Å². The zero-order valence-corrected chi connectivity index (χ0v) is 19.8. The summed E-state index contributed by atoms with van der Waals surface area (Å²) in [6, 6.07) is 14.1. The van der Waals surface area contributed by atoms with Crippen molar-refractivity contribution < 1.29 is 0 Å². The third-order valence-electron chi connectivity index (χ3n) is 5.87. The van der Waals surface area contributed by atoms with Crippen LogP contribution in [0.5, 0.6) is 0 Å². The van der Waals surface area contributed by atoms with Gasteiger partial charge in [-0.15, -0.1) is 0 Å². The topological polar surface area (TPSA) is 0 Å². The molecule has 0 fully saturated rings. The van der Waals surface area contributed by atoms with Gasteiger partial charge in [-0.25, -0.2) is 0 Å². The Morgan fingerprint density at radius 3 is 1.14 bits per heavy atom. The SMILES string of the molecule is CC(C)CB(CC(C)C)c1cccc2cccc(B(CC(C)C)CC(C)C)c12. The summed E-state index contributed by atoms with van der Waals surface area (Å²) in [6.07, 6.45) is 5.13. The number of rotatable bonds is 10. The molecule has 0 aliphatic heterocycles. The fraction of sp³-hybridized carbons (Fsp3) is 0.615. The van der Waals surface area contributed by atoms with Crippen LogP contribution in [0.1, 0.15) is 55.4 Å². The van der Waals surface area contributed by atoms with Crippen molar-refractivity contribution in [3.63, 3.8) is 0 Å². The van der Waals surface area contributed by atoms with Crippen LogP contribution >= 0.6 is 0 Å². The molecule has 0 amide bonds. The molecule has 0 saturated carbocycles. The quantitative estimate of drug-likeness (QED) is 0.397. The van der Waals surface area contributed by atoms with E-state index in [0.29, 0.717) is 13.4 Å². The molecule has 0 aliphatic carbocycles. The summed E-state index contributed by atoms with van der Waals surface area (Å²) in [4.78, 5) is 0. The molecule has 2 heteroatoms. The van der Waals surface area contributed by atoms with Crippen molar-refractivity contribution in [2.45, 2.75) is 80.7 Å². The molecule has 0 spiro atoms. The van der Waals surface area contributed by atoms with Crippen LogP contribution in [0, 0.1) is 23.7 Å². The third kappa shape index (κ3) is 6.43. The lowest BCUT2D eigenvalue weighted by atomic mass is 9.34. The molecule has 0 saturated heterocycles. The molecule has 0 N–H and O–H groups in total. The number of hydrogen-bond acceptors (Lipinski definition) is 0. The van der Waals surface area contributed by atoms with E-state index in [9.17, 15) is 0 Å². The number of benzene rings is 2. The lowest BCUT2D eigenvalue weighted by Gasteiger charge is -2.25. The van der Waals surface area contributed by atoms with Crippen molar-refractivity contribution in [1.82, 2.24) is 0 Å². The predicted octanol–water partition coefficient (Wildman–Crippen LogP) is 6.87. The lowest BCUT2D eigenvalue weighted by molar-refractivity contribution is 0.694. The lowest BCUT2D eigenvalue weighted by Crippen LogP contribution is -2.40. The summed E-state index contributed by atoms with van der Waals surface area (Å²) in [5.74, 6) is 2.92. The second-order valence-corrected chi connectivity index (χ2v) is 10.7. The van der Waals surface area contributed by atoms with Gasteiger partial charge in [-0.2, -0.15) is 0 Å². The normalized spacial score (nSPS) is 12.0. The van der Waals surface area contributed by atoms with Crippen molar-refractivity contribution >= 4 is 35.1 Å². The summed E-state index contributed by atoms with van der Waals surface area (Å²) in [5, 5.41) is 3.01. The molecule has 0 atom stereocenters. The van der Waals surface area contributed by atoms with Gasteiger partial charge in [0.05, 0.1) is 0 Å². The zero-order chi connectivity index (χ0) is 20.8. The summed E-state index contributed by atoms with van der Waals surface area (Å²) in [7, 11) is 0. The average Bonchev–Trinajstić information content (AvgIpc) is 2.58. The highest BCUT2D eigenvalue weighted by Gasteiger charge is 2.26. The highest BCUT2D eigenvalue weighted by Crippen LogP contribution is 2.22. The summed E-state index contributed by atoms with van der Waals surface area (Å²) in [5.41, 5.74) is 3.21. The van der Waals surface area contributed by atoms with Gasteiger partial charge >= 0.3 is 0 Å². The van der Waals surface area contributed by atoms with Crippen LogP contribution < -0.4 is 10.9 Å². The predicted molar refractivity (Wildman–Crippen MR) is 133 cm³/mol. The monoisotopic (exact) mass is 376 g/mol. The molecular formula is C26H42B2. The Balaban J connectivity index is 2.63. The first-order valence-corrected chi connectivity index (χ1v) is 11.7. The minimum atomic E-state index is 0.656. The number of hydrogen-bond donors (Lipinski definition) is 0. The van der Waals surface area contributed by atoms with Gasteiger partial charge in [0.1, 0.15) is 0 Å². The molecule has 28 heavy (non-hydrogen) atoms. The standard InChI is InChI=1S/C26H42B2/c1-19(2)15-27(16-20(3)4)24-13-9-11-23-12-10-14-25(26(23)24)28(17-21(5)6)18-22(7)8/h9-14,19-22H,15-18H2,1-8H3. The van der Waals surface area contributed by atoms with E-state index >= 15 is 0 Å². The van der Waals surface area contributed by atoms with Crippen molar-refractivity contribution in [3.8, 4) is 0 Å². The Bertz CT molecular complexity index is 652. The summed E-state index contributed by atoms with van der Waals surface area (Å²) in [6.45, 7) is 20.3. The van der Waals surface area contributed by atoms with E-state index in [1.165, 1.54) is 30.7 Å². The van der Waals surface area contributed by atoms with Gasteiger partial charge in [0.2, 0.25) is 0 Å². The summed E-state index contributed by atoms with van der Waals surface area (Å²) < 4.78 is 0. The fourth-order valence-electron chi connectivity index (χ4n) is 5.06. The maximum atomic E-state index is 2.43. The molecule has 2 aromatic rings. The molecule has 0 unspecified atom stereocenters. The van der Waals surface area contributed by atoms with Gasteiger partial charge in [-0.1, -0.05) is 152 Å². The molecule has 0 heterocycles. The van der Waals surface area contributed by atoms with E-state index in [1.807, 2.05) is 0 Å². The van der Waals surface area contributed by atoms with Crippen LogP contribution in [0.15, 0.2) is 36.4 Å². The van der Waals surface area contributed by atoms with Gasteiger partial charge in [0.15, 0.2) is 13.4 Å². The second-order valence-electron chi connectivity index (χ2n) is 10.7. The van der Waals surface area contributed by atoms with Crippen LogP contribution in [0.3, 0.4) is 0 Å². The van der Waals surface area contributed by atoms with Crippen molar-refractivity contribution in [1.29, 1.82) is 0 Å². The molecule has 2 aromatic carbocycles. The smallest absolute Gasteiger partial charge is 0.0729 e. The first kappa shape index (κ1) is 23.1. The van der Waals surface area contributed by atoms with E-state index in [4.69, 9.17) is 0 Å². The van der Waals surface area contributed by atoms with Gasteiger partial charge in [-0.05, 0) is 10.8 Å². The highest BCUT2D eigenvalue weighted by atomic mass is 14.1. The zero-order valence-electron chi connectivity index (χ0n) is 19.8. The highest BCUT2D eigenvalue weighted by molar-refractivity contribution is 6.80. The van der Waals surface area contributed by atoms with E-state index in [0.717, 1.165) is 23.7 Å². The Morgan fingerprint density at radius 2 is 0.857 bits per heavy atom. The van der Waals surface area contributed by atoms with E-state index in [2.05, 4.69) is 91.8 Å². The maximum Gasteiger partial charge on any atom is 0.177 e. The average molecular weight is 376 g/mol. The largest absolute Gasteiger partial charge is 0.177 e. The minimum absolute atomic E-state index is 0.656. The molecule has 0 radical (unpaired) electrons. The van der Waals surface area contributed by atoms with E-state index in [-0.39, 0.29) is 0 Å². The van der Waals surface area contributed by atoms with Gasteiger partial charge in [0.25, 0.3) is 0 Å². The van der Waals surface area contributed by atoms with Crippen LogP contribution in [-0.2, 0) is 0 Å². The second kappa shape index (κ2) is 10.6. The first-order valence-electron chi connectivity index (χ1n) is 11.7. The first-order chi connectivity index (χ1) is 13.2. The summed E-state index contributed by atoms with van der Waals surface area (Å²) >= 11 is 0. The third-order valence-corrected chi connectivity index (χ3v) is 5.87. The Labute approximate surface area is 176 Å². The Morgan fingerprint density at radius 1 is 0.536 bits per heavy atom. The molecular weight excluding hydrogens is 334 g/mol. The van der Waals surface area contributed by atoms with Gasteiger partial charge < -0.3 is 0 Å². The minimum Gasteiger partial charge on any atom is -0.0729 e. The van der Waals surface area contributed by atoms with Gasteiger partial charge in [-0.3, -0.25) is 0 Å². The number of fused-ring (bicyclic) bond motifs is 1. The Kier molecular flexibility index (Phi) is 8.72. The molecule has 0 aromatic heterocycles. The van der Waals surface area contributed by atoms with Crippen LogP contribution in [0.25, 0.3) is 10.8 Å². The van der Waals surface area contributed by atoms with Crippen LogP contribution in [0.4, 0.5) is 0 Å². The van der Waals surface area contributed by atoms with Gasteiger partial charge in [0, 0.05) is 0 Å². The van der Waals surface area contributed by atoms with Crippen molar-refractivity contribution in [3.05, 3.63) is 36.4 Å². The molecule has 2 rings (SSSR count). The Hall–Kier alpha value is -1.17. The van der Waals surface area contributed by atoms with E-state index in [1.54, 1.807) is 16.3 Å². The molecule has 0 nitrogen and oxygen atoms in total. The van der Waals surface area contributed by atoms with Crippen molar-refractivity contribution in [2.24, 2.45) is 23.7 Å². The molecule has 152 valence electrons. The maximum absolute atomic E-state index is 2.43. The molecule has 0 aliphatic rings. The molecule has 0 bridgehead atoms. The van der Waals surface area contributed by atoms with Crippen LogP contribution in [-0.4, -0.2) is 13.4 Å². The van der Waals surface area contributed by atoms with E-state index < -0.39 is 0 Å². The fourth-order valence-corrected chi connectivity index (χ4v) is 5.06.